The second kappa shape index (κ2) is 6.75. The first-order chi connectivity index (χ1) is 8.78. The van der Waals surface area contributed by atoms with Gasteiger partial charge in [-0.25, -0.2) is 4.79 Å². The van der Waals surface area contributed by atoms with Crippen LogP contribution >= 0.6 is 0 Å². The van der Waals surface area contributed by atoms with E-state index >= 15 is 0 Å². The van der Waals surface area contributed by atoms with Crippen molar-refractivity contribution in [3.63, 3.8) is 0 Å². The monoisotopic (exact) mass is 272 g/mol. The van der Waals surface area contributed by atoms with Crippen molar-refractivity contribution in [2.24, 2.45) is 0 Å². The van der Waals surface area contributed by atoms with Gasteiger partial charge in [0.1, 0.15) is 5.60 Å². The summed E-state index contributed by atoms with van der Waals surface area (Å²) < 4.78 is 5.16. The first kappa shape index (κ1) is 15.8. The van der Waals surface area contributed by atoms with Crippen LogP contribution in [-0.4, -0.2) is 53.3 Å². The first-order valence-corrected chi connectivity index (χ1v) is 6.70. The molecule has 0 bridgehead atoms. The molecule has 0 radical (unpaired) electrons. The van der Waals surface area contributed by atoms with E-state index in [1.807, 2.05) is 25.7 Å². The molecule has 1 rings (SSSR count). The number of carbonyl (C=O) groups is 2. The Bertz CT molecular complexity index is 325. The van der Waals surface area contributed by atoms with Gasteiger partial charge < -0.3 is 15.2 Å². The molecule has 6 heteroatoms. The number of carboxylic acid groups (broad SMARTS) is 1. The number of carboxylic acids is 1. The van der Waals surface area contributed by atoms with Crippen molar-refractivity contribution in [1.82, 2.24) is 10.2 Å². The van der Waals surface area contributed by atoms with Crippen LogP contribution in [0, 0.1) is 0 Å². The molecular weight excluding hydrogens is 248 g/mol. The van der Waals surface area contributed by atoms with Crippen LogP contribution in [0.15, 0.2) is 0 Å². The molecule has 2 N–H and O–H groups in total. The summed E-state index contributed by atoms with van der Waals surface area (Å²) in [4.78, 5) is 24.3. The number of amides is 1. The zero-order valence-corrected chi connectivity index (χ0v) is 11.9. The molecule has 1 heterocycles. The number of piperidine rings is 1. The van der Waals surface area contributed by atoms with Crippen LogP contribution < -0.4 is 5.32 Å². The Balaban J connectivity index is 2.40. The molecular formula is C13H24N2O4. The highest BCUT2D eigenvalue weighted by molar-refractivity contribution is 5.69. The molecule has 0 spiro atoms. The quantitative estimate of drug-likeness (QED) is 0.810. The summed E-state index contributed by atoms with van der Waals surface area (Å²) in [6.45, 7) is 6.66. The molecule has 110 valence electrons. The van der Waals surface area contributed by atoms with Gasteiger partial charge >= 0.3 is 12.1 Å². The molecule has 0 aromatic carbocycles. The number of nitrogens with one attached hydrogen (secondary N) is 1. The minimum atomic E-state index is -0.829. The maximum Gasteiger partial charge on any atom is 0.407 e. The topological polar surface area (TPSA) is 78.9 Å². The van der Waals surface area contributed by atoms with Crippen LogP contribution in [0.1, 0.15) is 40.0 Å². The molecule has 1 fully saturated rings. The fourth-order valence-electron chi connectivity index (χ4n) is 2.19. The van der Waals surface area contributed by atoms with Crippen molar-refractivity contribution in [3.05, 3.63) is 0 Å². The maximum absolute atomic E-state index is 11.6. The lowest BCUT2D eigenvalue weighted by Gasteiger charge is -2.34. The summed E-state index contributed by atoms with van der Waals surface area (Å²) in [7, 11) is 0. The van der Waals surface area contributed by atoms with E-state index in [0.717, 1.165) is 25.8 Å². The molecule has 1 aliphatic rings. The van der Waals surface area contributed by atoms with Gasteiger partial charge in [0.2, 0.25) is 0 Å². The molecule has 1 aliphatic heterocycles. The Kier molecular flexibility index (Phi) is 5.60. The number of ether oxygens (including phenoxy) is 1. The van der Waals surface area contributed by atoms with Crippen LogP contribution in [0.5, 0.6) is 0 Å². The summed E-state index contributed by atoms with van der Waals surface area (Å²) >= 11 is 0. The molecule has 1 saturated heterocycles. The van der Waals surface area contributed by atoms with Crippen molar-refractivity contribution in [2.75, 3.05) is 19.6 Å². The van der Waals surface area contributed by atoms with E-state index in [1.54, 1.807) is 0 Å². The van der Waals surface area contributed by atoms with Crippen LogP contribution in [0.4, 0.5) is 4.79 Å². The number of nitrogens with zero attached hydrogens (tertiary/aromatic N) is 1. The number of rotatable bonds is 4. The third-order valence-electron chi connectivity index (χ3n) is 2.97. The van der Waals surface area contributed by atoms with Gasteiger partial charge in [0.15, 0.2) is 0 Å². The molecule has 1 atom stereocenters. The summed E-state index contributed by atoms with van der Waals surface area (Å²) in [5.41, 5.74) is -0.516. The maximum atomic E-state index is 11.6. The van der Waals surface area contributed by atoms with Crippen LogP contribution in [-0.2, 0) is 9.53 Å². The number of aliphatic carboxylic acids is 1. The van der Waals surface area contributed by atoms with E-state index in [4.69, 9.17) is 9.84 Å². The molecule has 1 unspecified atom stereocenters. The van der Waals surface area contributed by atoms with Gasteiger partial charge in [0.05, 0.1) is 6.54 Å². The lowest BCUT2D eigenvalue weighted by molar-refractivity contribution is -0.139. The Morgan fingerprint density at radius 2 is 2.05 bits per heavy atom. The summed E-state index contributed by atoms with van der Waals surface area (Å²) in [6, 6.07) is 0.0809. The van der Waals surface area contributed by atoms with Gasteiger partial charge in [0.25, 0.3) is 0 Å². The SMILES string of the molecule is CC(C)(C)OC(=O)NCC1CCCCN1CC(=O)O. The van der Waals surface area contributed by atoms with E-state index in [0.29, 0.717) is 6.54 Å². The lowest BCUT2D eigenvalue weighted by Crippen LogP contribution is -2.49. The predicted molar refractivity (Wildman–Crippen MR) is 71.1 cm³/mol. The lowest BCUT2D eigenvalue weighted by atomic mass is 10.0. The zero-order valence-electron chi connectivity index (χ0n) is 11.9. The van der Waals surface area contributed by atoms with Gasteiger partial charge in [-0.15, -0.1) is 0 Å². The number of carbonyl (C=O) groups excluding carboxylic acids is 1. The highest BCUT2D eigenvalue weighted by atomic mass is 16.6. The Hall–Kier alpha value is -1.30. The molecule has 0 aromatic heterocycles. The first-order valence-electron chi connectivity index (χ1n) is 6.70. The van der Waals surface area contributed by atoms with Crippen molar-refractivity contribution in [1.29, 1.82) is 0 Å². The van der Waals surface area contributed by atoms with E-state index in [2.05, 4.69) is 5.32 Å². The smallest absolute Gasteiger partial charge is 0.407 e. The standard InChI is InChI=1S/C13H24N2O4/c1-13(2,3)19-12(18)14-8-10-6-4-5-7-15(10)9-11(16)17/h10H,4-9H2,1-3H3,(H,14,18)(H,16,17). The van der Waals surface area contributed by atoms with Crippen molar-refractivity contribution in [2.45, 2.75) is 51.7 Å². The highest BCUT2D eigenvalue weighted by Gasteiger charge is 2.25. The van der Waals surface area contributed by atoms with E-state index < -0.39 is 17.7 Å². The number of hydrogen-bond donors (Lipinski definition) is 2. The van der Waals surface area contributed by atoms with Crippen LogP contribution in [0.3, 0.4) is 0 Å². The van der Waals surface area contributed by atoms with Gasteiger partial charge in [0, 0.05) is 12.6 Å². The summed E-state index contributed by atoms with van der Waals surface area (Å²) in [5, 5.41) is 11.6. The fraction of sp³-hybridized carbons (Fsp3) is 0.846. The summed E-state index contributed by atoms with van der Waals surface area (Å²) in [6.07, 6.45) is 2.53. The van der Waals surface area contributed by atoms with Crippen LogP contribution in [0.2, 0.25) is 0 Å². The van der Waals surface area contributed by atoms with E-state index in [1.165, 1.54) is 0 Å². The van der Waals surface area contributed by atoms with Gasteiger partial charge in [-0.05, 0) is 40.2 Å². The molecule has 1 amide bonds. The second-order valence-corrected chi connectivity index (χ2v) is 5.90. The number of likely N-dealkylation sites (tertiary alicyclic amines) is 1. The largest absolute Gasteiger partial charge is 0.480 e. The van der Waals surface area contributed by atoms with Crippen molar-refractivity contribution in [3.8, 4) is 0 Å². The van der Waals surface area contributed by atoms with Crippen LogP contribution in [0.25, 0.3) is 0 Å². The Morgan fingerprint density at radius 3 is 2.63 bits per heavy atom. The average molecular weight is 272 g/mol. The Labute approximate surface area is 114 Å². The zero-order chi connectivity index (χ0) is 14.5. The normalized spacial score (nSPS) is 20.9. The molecule has 0 saturated carbocycles. The fourth-order valence-corrected chi connectivity index (χ4v) is 2.19. The third kappa shape index (κ3) is 6.42. The summed E-state index contributed by atoms with van der Waals surface area (Å²) in [5.74, 6) is -0.829. The minimum Gasteiger partial charge on any atom is -0.480 e. The van der Waals surface area contributed by atoms with Gasteiger partial charge in [-0.1, -0.05) is 6.42 Å². The predicted octanol–water partition coefficient (Wildman–Crippen LogP) is 1.45. The van der Waals surface area contributed by atoms with Gasteiger partial charge in [-0.2, -0.15) is 0 Å². The third-order valence-corrected chi connectivity index (χ3v) is 2.97. The molecule has 0 aliphatic carbocycles. The molecule has 6 nitrogen and oxygen atoms in total. The highest BCUT2D eigenvalue weighted by Crippen LogP contribution is 2.16. The Morgan fingerprint density at radius 1 is 1.37 bits per heavy atom. The average Bonchev–Trinajstić information content (AvgIpc) is 2.24. The number of hydrogen-bond acceptors (Lipinski definition) is 4. The number of alkyl carbamates (subject to hydrolysis) is 1. The van der Waals surface area contributed by atoms with Crippen molar-refractivity contribution < 1.29 is 19.4 Å². The second-order valence-electron chi connectivity index (χ2n) is 5.90. The van der Waals surface area contributed by atoms with Crippen molar-refractivity contribution >= 4 is 12.1 Å². The van der Waals surface area contributed by atoms with Gasteiger partial charge in [-0.3, -0.25) is 9.69 Å². The molecule has 19 heavy (non-hydrogen) atoms. The molecule has 0 aromatic rings. The van der Waals surface area contributed by atoms with E-state index in [-0.39, 0.29) is 12.6 Å². The van der Waals surface area contributed by atoms with E-state index in [9.17, 15) is 9.59 Å². The minimum absolute atomic E-state index is 0.0284.